The van der Waals surface area contributed by atoms with Crippen molar-refractivity contribution in [1.29, 1.82) is 0 Å². The van der Waals surface area contributed by atoms with Crippen molar-refractivity contribution in [2.45, 2.75) is 26.3 Å². The second-order valence-corrected chi connectivity index (χ2v) is 5.14. The molecule has 1 amide bonds. The molecule has 0 spiro atoms. The minimum Gasteiger partial charge on any atom is -0.480 e. The number of carbonyl (C=O) groups excluding carboxylic acids is 1. The predicted molar refractivity (Wildman–Crippen MR) is 78.9 cm³/mol. The number of carboxylic acid groups (broad SMARTS) is 1. The quantitative estimate of drug-likeness (QED) is 0.842. The van der Waals surface area contributed by atoms with Crippen LogP contribution in [0.2, 0.25) is 5.02 Å². The first-order valence-corrected chi connectivity index (χ1v) is 6.79. The van der Waals surface area contributed by atoms with Gasteiger partial charge in [0, 0.05) is 10.7 Å². The Morgan fingerprint density at radius 2 is 1.90 bits per heavy atom. The molecule has 0 aromatic heterocycles. The molecular weight excluding hydrogens is 280 g/mol. The lowest BCUT2D eigenvalue weighted by atomic mass is 9.98. The van der Waals surface area contributed by atoms with Crippen LogP contribution in [0, 0.1) is 5.92 Å². The van der Waals surface area contributed by atoms with E-state index in [1.54, 1.807) is 24.3 Å². The van der Waals surface area contributed by atoms with Crippen LogP contribution in [-0.4, -0.2) is 29.6 Å². The molecule has 0 aliphatic rings. The monoisotopic (exact) mass is 298 g/mol. The number of nitrogens with two attached hydrogens (primary N) is 1. The van der Waals surface area contributed by atoms with Gasteiger partial charge in [0.2, 0.25) is 5.91 Å². The summed E-state index contributed by atoms with van der Waals surface area (Å²) in [5.41, 5.74) is 6.38. The van der Waals surface area contributed by atoms with Gasteiger partial charge in [0.1, 0.15) is 6.54 Å². The lowest BCUT2D eigenvalue weighted by Gasteiger charge is -2.26. The van der Waals surface area contributed by atoms with Gasteiger partial charge in [-0.3, -0.25) is 14.5 Å². The van der Waals surface area contributed by atoms with Crippen molar-refractivity contribution in [3.63, 3.8) is 0 Å². The van der Waals surface area contributed by atoms with Crippen LogP contribution >= 0.6 is 11.6 Å². The van der Waals surface area contributed by atoms with Crippen LogP contribution in [0.4, 0.5) is 5.69 Å². The number of anilines is 1. The second kappa shape index (κ2) is 7.26. The van der Waals surface area contributed by atoms with Crippen molar-refractivity contribution in [2.75, 3.05) is 11.4 Å². The molecule has 5 nitrogen and oxygen atoms in total. The van der Waals surface area contributed by atoms with Crippen LogP contribution in [0.3, 0.4) is 0 Å². The summed E-state index contributed by atoms with van der Waals surface area (Å²) >= 11 is 5.79. The van der Waals surface area contributed by atoms with Gasteiger partial charge in [0.15, 0.2) is 0 Å². The van der Waals surface area contributed by atoms with Crippen LogP contribution in [-0.2, 0) is 9.59 Å². The molecule has 0 radical (unpaired) electrons. The number of amides is 1. The first kappa shape index (κ1) is 16.5. The van der Waals surface area contributed by atoms with E-state index in [0.717, 1.165) is 6.42 Å². The van der Waals surface area contributed by atoms with Gasteiger partial charge in [-0.05, 0) is 30.2 Å². The fourth-order valence-electron chi connectivity index (χ4n) is 1.73. The normalized spacial score (nSPS) is 13.6. The van der Waals surface area contributed by atoms with E-state index in [1.165, 1.54) is 4.90 Å². The Bertz CT molecular complexity index is 476. The standard InChI is InChI=1S/C14H19ClN2O3/c1-3-9(2)13(16)14(20)17(8-12(18)19)11-6-4-10(15)5-7-11/h4-7,9,13H,3,8,16H2,1-2H3,(H,18,19). The molecular formula is C14H19ClN2O3. The number of carboxylic acids is 1. The number of hydrogen-bond donors (Lipinski definition) is 2. The Kier molecular flexibility index (Phi) is 5.98. The van der Waals surface area contributed by atoms with Crippen molar-refractivity contribution < 1.29 is 14.7 Å². The molecule has 1 aromatic rings. The van der Waals surface area contributed by atoms with E-state index < -0.39 is 24.5 Å². The molecule has 2 atom stereocenters. The Morgan fingerprint density at radius 1 is 1.35 bits per heavy atom. The van der Waals surface area contributed by atoms with Crippen molar-refractivity contribution in [3.8, 4) is 0 Å². The van der Waals surface area contributed by atoms with Crippen molar-refractivity contribution in [3.05, 3.63) is 29.3 Å². The molecule has 0 saturated heterocycles. The summed E-state index contributed by atoms with van der Waals surface area (Å²) < 4.78 is 0. The maximum atomic E-state index is 12.4. The average Bonchev–Trinajstić information content (AvgIpc) is 2.43. The molecule has 0 fully saturated rings. The zero-order valence-electron chi connectivity index (χ0n) is 11.5. The largest absolute Gasteiger partial charge is 0.480 e. The Balaban J connectivity index is 3.03. The first-order chi connectivity index (χ1) is 9.36. The number of nitrogens with zero attached hydrogens (tertiary/aromatic N) is 1. The molecule has 20 heavy (non-hydrogen) atoms. The van der Waals surface area contributed by atoms with Gasteiger partial charge in [-0.1, -0.05) is 31.9 Å². The van der Waals surface area contributed by atoms with E-state index in [-0.39, 0.29) is 5.92 Å². The third-order valence-electron chi connectivity index (χ3n) is 3.24. The summed E-state index contributed by atoms with van der Waals surface area (Å²) in [7, 11) is 0. The molecule has 0 heterocycles. The van der Waals surface area contributed by atoms with Crippen molar-refractivity contribution in [2.24, 2.45) is 11.7 Å². The van der Waals surface area contributed by atoms with Crippen LogP contribution in [0.25, 0.3) is 0 Å². The summed E-state index contributed by atoms with van der Waals surface area (Å²) in [5, 5.41) is 9.48. The third kappa shape index (κ3) is 4.21. The molecule has 0 bridgehead atoms. The van der Waals surface area contributed by atoms with Gasteiger partial charge >= 0.3 is 5.97 Å². The van der Waals surface area contributed by atoms with E-state index in [9.17, 15) is 9.59 Å². The molecule has 1 aromatic carbocycles. The third-order valence-corrected chi connectivity index (χ3v) is 3.49. The maximum Gasteiger partial charge on any atom is 0.323 e. The molecule has 2 unspecified atom stereocenters. The molecule has 0 aliphatic heterocycles. The van der Waals surface area contributed by atoms with Gasteiger partial charge in [0.25, 0.3) is 0 Å². The summed E-state index contributed by atoms with van der Waals surface area (Å²) in [6, 6.07) is 5.69. The van der Waals surface area contributed by atoms with E-state index in [1.807, 2.05) is 13.8 Å². The molecule has 0 aliphatic carbocycles. The lowest BCUT2D eigenvalue weighted by molar-refractivity contribution is -0.137. The van der Waals surface area contributed by atoms with Crippen LogP contribution in [0.15, 0.2) is 24.3 Å². The zero-order chi connectivity index (χ0) is 15.3. The Morgan fingerprint density at radius 3 is 2.35 bits per heavy atom. The Hall–Kier alpha value is -1.59. The SMILES string of the molecule is CCC(C)C(N)C(=O)N(CC(=O)O)c1ccc(Cl)cc1. The number of aliphatic carboxylic acids is 1. The van der Waals surface area contributed by atoms with Crippen LogP contribution in [0.5, 0.6) is 0 Å². The first-order valence-electron chi connectivity index (χ1n) is 6.41. The highest BCUT2D eigenvalue weighted by molar-refractivity contribution is 6.30. The number of hydrogen-bond acceptors (Lipinski definition) is 3. The van der Waals surface area contributed by atoms with Gasteiger partial charge in [-0.25, -0.2) is 0 Å². The number of carbonyl (C=O) groups is 2. The Labute approximate surface area is 123 Å². The maximum absolute atomic E-state index is 12.4. The van der Waals surface area contributed by atoms with E-state index in [4.69, 9.17) is 22.4 Å². The number of halogens is 1. The molecule has 110 valence electrons. The predicted octanol–water partition coefficient (Wildman–Crippen LogP) is 2.13. The lowest BCUT2D eigenvalue weighted by Crippen LogP contribution is -2.49. The summed E-state index contributed by atoms with van der Waals surface area (Å²) in [6.07, 6.45) is 0.744. The topological polar surface area (TPSA) is 83.6 Å². The summed E-state index contributed by atoms with van der Waals surface area (Å²) in [6.45, 7) is 3.37. The van der Waals surface area contributed by atoms with E-state index in [2.05, 4.69) is 0 Å². The van der Waals surface area contributed by atoms with Crippen molar-refractivity contribution in [1.82, 2.24) is 0 Å². The molecule has 3 N–H and O–H groups in total. The van der Waals surface area contributed by atoms with Crippen LogP contribution in [0.1, 0.15) is 20.3 Å². The van der Waals surface area contributed by atoms with Crippen molar-refractivity contribution >= 4 is 29.2 Å². The van der Waals surface area contributed by atoms with Gasteiger partial charge in [0.05, 0.1) is 6.04 Å². The smallest absolute Gasteiger partial charge is 0.323 e. The average molecular weight is 299 g/mol. The van der Waals surface area contributed by atoms with E-state index >= 15 is 0 Å². The van der Waals surface area contributed by atoms with Gasteiger partial charge in [-0.15, -0.1) is 0 Å². The highest BCUT2D eigenvalue weighted by Crippen LogP contribution is 2.20. The highest BCUT2D eigenvalue weighted by Gasteiger charge is 2.27. The fraction of sp³-hybridized carbons (Fsp3) is 0.429. The number of rotatable bonds is 6. The summed E-state index contributed by atoms with van der Waals surface area (Å²) in [5.74, 6) is -1.51. The summed E-state index contributed by atoms with van der Waals surface area (Å²) in [4.78, 5) is 24.5. The fourth-order valence-corrected chi connectivity index (χ4v) is 1.86. The second-order valence-electron chi connectivity index (χ2n) is 4.71. The van der Waals surface area contributed by atoms with Gasteiger partial charge < -0.3 is 10.8 Å². The van der Waals surface area contributed by atoms with E-state index in [0.29, 0.717) is 10.7 Å². The highest BCUT2D eigenvalue weighted by atomic mass is 35.5. The zero-order valence-corrected chi connectivity index (χ0v) is 12.3. The number of benzene rings is 1. The van der Waals surface area contributed by atoms with Gasteiger partial charge in [-0.2, -0.15) is 0 Å². The minimum absolute atomic E-state index is 0.0221. The molecule has 6 heteroatoms. The molecule has 0 saturated carbocycles. The molecule has 1 rings (SSSR count). The minimum atomic E-state index is -1.09. The van der Waals surface area contributed by atoms with Crippen LogP contribution < -0.4 is 10.6 Å².